The van der Waals surface area contributed by atoms with E-state index in [4.69, 9.17) is 4.74 Å². The van der Waals surface area contributed by atoms with E-state index in [1.54, 1.807) is 18.5 Å². The molecule has 0 saturated heterocycles. The predicted molar refractivity (Wildman–Crippen MR) is 115 cm³/mol. The van der Waals surface area contributed by atoms with Gasteiger partial charge in [-0.15, -0.1) is 0 Å². The number of benzene rings is 1. The minimum atomic E-state index is -0.684. The fraction of sp³-hybridized carbons (Fsp3) is 0.318. The zero-order chi connectivity index (χ0) is 21.8. The summed E-state index contributed by atoms with van der Waals surface area (Å²) in [4.78, 5) is 24.1. The molecule has 1 fully saturated rings. The van der Waals surface area contributed by atoms with Crippen molar-refractivity contribution < 1.29 is 19.7 Å². The summed E-state index contributed by atoms with van der Waals surface area (Å²) in [7, 11) is 0. The summed E-state index contributed by atoms with van der Waals surface area (Å²) in [6.45, 7) is 1.68. The lowest BCUT2D eigenvalue weighted by Gasteiger charge is -2.16. The number of carbonyl (C=O) groups excluding carboxylic acids is 1. The highest BCUT2D eigenvalue weighted by molar-refractivity contribution is 5.72. The van der Waals surface area contributed by atoms with Crippen molar-refractivity contribution in [2.75, 3.05) is 18.5 Å². The Morgan fingerprint density at radius 3 is 2.74 bits per heavy atom. The van der Waals surface area contributed by atoms with Crippen molar-refractivity contribution in [3.63, 3.8) is 0 Å². The van der Waals surface area contributed by atoms with Gasteiger partial charge in [0.05, 0.1) is 30.5 Å². The van der Waals surface area contributed by atoms with Gasteiger partial charge in [0.1, 0.15) is 0 Å². The molecule has 1 aliphatic rings. The Morgan fingerprint density at radius 2 is 2.06 bits per heavy atom. The lowest BCUT2D eigenvalue weighted by Crippen LogP contribution is -2.33. The highest BCUT2D eigenvalue weighted by Crippen LogP contribution is 2.38. The smallest absolute Gasteiger partial charge is 0.394 e. The van der Waals surface area contributed by atoms with E-state index in [0.717, 1.165) is 29.5 Å². The van der Waals surface area contributed by atoms with Gasteiger partial charge < -0.3 is 30.6 Å². The Labute approximate surface area is 179 Å². The normalized spacial score (nSPS) is 15.2. The number of nitrogens with zero attached hydrogens (tertiary/aromatic N) is 2. The molecule has 5 N–H and O–H groups in total. The van der Waals surface area contributed by atoms with Crippen molar-refractivity contribution >= 4 is 12.0 Å². The molecule has 1 atom stereocenters. The van der Waals surface area contributed by atoms with Crippen LogP contribution in [0.1, 0.15) is 30.0 Å². The van der Waals surface area contributed by atoms with Crippen molar-refractivity contribution in [1.82, 2.24) is 20.3 Å². The van der Waals surface area contributed by atoms with Crippen LogP contribution in [0.5, 0.6) is 5.88 Å². The van der Waals surface area contributed by atoms with Crippen molar-refractivity contribution in [3.8, 4) is 17.1 Å². The number of H-pyrrole nitrogens is 1. The Hall–Kier alpha value is -3.43. The zero-order valence-electron chi connectivity index (χ0n) is 17.1. The number of ether oxygens (including phenoxy) is 1. The molecule has 0 radical (unpaired) electrons. The van der Waals surface area contributed by atoms with Crippen LogP contribution in [-0.2, 0) is 0 Å². The zero-order valence-corrected chi connectivity index (χ0v) is 17.1. The molecule has 4 rings (SSSR count). The Bertz CT molecular complexity index is 1050. The van der Waals surface area contributed by atoms with Gasteiger partial charge in [-0.3, -0.25) is 0 Å². The van der Waals surface area contributed by atoms with Crippen LogP contribution in [0.2, 0.25) is 0 Å². The molecule has 1 saturated carbocycles. The maximum absolute atomic E-state index is 12.3. The number of aromatic amines is 1. The number of hydrogen-bond acceptors (Lipinski definition) is 7. The number of aliphatic hydroxyl groups is 2. The number of nitrogens with one attached hydrogen (secondary N) is 3. The van der Waals surface area contributed by atoms with E-state index >= 15 is 0 Å². The van der Waals surface area contributed by atoms with Crippen LogP contribution in [0, 0.1) is 6.92 Å². The number of hydrogen-bond donors (Lipinski definition) is 5. The molecular weight excluding hydrogens is 398 g/mol. The highest BCUT2D eigenvalue weighted by atomic mass is 16.6. The quantitative estimate of drug-likeness (QED) is 0.376. The minimum absolute atomic E-state index is 0.0363. The lowest BCUT2D eigenvalue weighted by molar-refractivity contribution is 0.182. The first-order valence-electron chi connectivity index (χ1n) is 10.1. The molecule has 31 heavy (non-hydrogen) atoms. The standard InChI is InChI=1S/C22H25N5O4/c1-14-10-24-20(27-22(13-29)7-8-22)26-19(14)16-9-18(23-11-16)31-21(30)25-17(12-28)15-5-3-2-4-6-15/h2-6,9-11,17,23,28-29H,7-8,12-13H2,1H3,(H,25,30)(H,24,26,27). The molecule has 162 valence electrons. The third kappa shape index (κ3) is 4.84. The van der Waals surface area contributed by atoms with E-state index < -0.39 is 12.1 Å². The first-order chi connectivity index (χ1) is 15.0. The Morgan fingerprint density at radius 1 is 1.29 bits per heavy atom. The van der Waals surface area contributed by atoms with Gasteiger partial charge in [-0.05, 0) is 30.9 Å². The molecule has 1 amide bonds. The monoisotopic (exact) mass is 423 g/mol. The van der Waals surface area contributed by atoms with Crippen LogP contribution in [0.15, 0.2) is 48.8 Å². The van der Waals surface area contributed by atoms with Crippen LogP contribution in [0.3, 0.4) is 0 Å². The van der Waals surface area contributed by atoms with Gasteiger partial charge in [-0.25, -0.2) is 14.8 Å². The minimum Gasteiger partial charge on any atom is -0.394 e. The van der Waals surface area contributed by atoms with Crippen molar-refractivity contribution in [2.45, 2.75) is 31.3 Å². The SMILES string of the molecule is Cc1cnc(NC2(CO)CC2)nc1-c1c[nH]c(OC(=O)NC(CO)c2ccccc2)c1. The average Bonchev–Trinajstić information content (AvgIpc) is 3.42. The largest absolute Gasteiger partial charge is 0.414 e. The number of rotatable bonds is 8. The molecule has 3 aromatic rings. The van der Waals surface area contributed by atoms with Crippen molar-refractivity contribution in [2.24, 2.45) is 0 Å². The van der Waals surface area contributed by atoms with E-state index in [9.17, 15) is 15.0 Å². The molecule has 0 spiro atoms. The first kappa shape index (κ1) is 20.8. The summed E-state index contributed by atoms with van der Waals surface area (Å²) in [6, 6.07) is 10.3. The van der Waals surface area contributed by atoms with Crippen molar-refractivity contribution in [1.29, 1.82) is 0 Å². The van der Waals surface area contributed by atoms with Gasteiger partial charge >= 0.3 is 6.09 Å². The third-order valence-corrected chi connectivity index (χ3v) is 5.31. The molecule has 0 bridgehead atoms. The van der Waals surface area contributed by atoms with Crippen LogP contribution in [-0.4, -0.2) is 50.0 Å². The summed E-state index contributed by atoms with van der Waals surface area (Å²) in [5.74, 6) is 0.695. The second-order valence-electron chi connectivity index (χ2n) is 7.72. The lowest BCUT2D eigenvalue weighted by atomic mass is 10.1. The second-order valence-corrected chi connectivity index (χ2v) is 7.72. The van der Waals surface area contributed by atoms with Gasteiger partial charge in [0.2, 0.25) is 11.8 Å². The summed E-state index contributed by atoms with van der Waals surface area (Å²) in [6.07, 6.45) is 4.48. The number of carbonyl (C=O) groups is 1. The Balaban J connectivity index is 1.44. The van der Waals surface area contributed by atoms with Crippen LogP contribution < -0.4 is 15.4 Å². The van der Waals surface area contributed by atoms with E-state index in [-0.39, 0.29) is 24.6 Å². The number of anilines is 1. The predicted octanol–water partition coefficient (Wildman–Crippen LogP) is 2.54. The topological polar surface area (TPSA) is 132 Å². The summed E-state index contributed by atoms with van der Waals surface area (Å²) >= 11 is 0. The summed E-state index contributed by atoms with van der Waals surface area (Å²) in [5, 5.41) is 24.9. The third-order valence-electron chi connectivity index (χ3n) is 5.31. The summed E-state index contributed by atoms with van der Waals surface area (Å²) in [5.41, 5.74) is 2.75. The van der Waals surface area contributed by atoms with Crippen molar-refractivity contribution in [3.05, 3.63) is 59.9 Å². The second kappa shape index (κ2) is 8.75. The van der Waals surface area contributed by atoms with Crippen LogP contribution in [0.4, 0.5) is 10.7 Å². The molecule has 0 aliphatic heterocycles. The van der Waals surface area contributed by atoms with Gasteiger partial charge in [0.25, 0.3) is 0 Å². The fourth-order valence-electron chi connectivity index (χ4n) is 3.27. The average molecular weight is 423 g/mol. The number of amides is 1. The van der Waals surface area contributed by atoms with E-state index in [1.807, 2.05) is 37.3 Å². The maximum atomic E-state index is 12.3. The molecule has 9 nitrogen and oxygen atoms in total. The molecule has 9 heteroatoms. The first-order valence-corrected chi connectivity index (χ1v) is 10.1. The maximum Gasteiger partial charge on any atom is 0.414 e. The number of aromatic nitrogens is 3. The van der Waals surface area contributed by atoms with Gasteiger partial charge in [0.15, 0.2) is 0 Å². The van der Waals surface area contributed by atoms with E-state index in [1.165, 1.54) is 0 Å². The summed E-state index contributed by atoms with van der Waals surface area (Å²) < 4.78 is 5.34. The molecule has 1 aromatic carbocycles. The van der Waals surface area contributed by atoms with Crippen LogP contribution >= 0.6 is 0 Å². The number of aliphatic hydroxyl groups excluding tert-OH is 2. The highest BCUT2D eigenvalue weighted by Gasteiger charge is 2.42. The molecule has 2 aromatic heterocycles. The molecule has 1 unspecified atom stereocenters. The number of aryl methyl sites for hydroxylation is 1. The fourth-order valence-corrected chi connectivity index (χ4v) is 3.27. The Kier molecular flexibility index (Phi) is 5.88. The molecule has 1 aliphatic carbocycles. The van der Waals surface area contributed by atoms with E-state index in [2.05, 4.69) is 25.6 Å². The van der Waals surface area contributed by atoms with Crippen LogP contribution in [0.25, 0.3) is 11.3 Å². The molecule has 2 heterocycles. The van der Waals surface area contributed by atoms with Gasteiger partial charge in [-0.1, -0.05) is 30.3 Å². The molecular formula is C22H25N5O4. The van der Waals surface area contributed by atoms with E-state index in [0.29, 0.717) is 11.6 Å². The van der Waals surface area contributed by atoms with Gasteiger partial charge in [-0.2, -0.15) is 0 Å². The van der Waals surface area contributed by atoms with Gasteiger partial charge in [0, 0.05) is 24.0 Å².